The van der Waals surface area contributed by atoms with E-state index in [1.54, 1.807) is 4.68 Å². The summed E-state index contributed by atoms with van der Waals surface area (Å²) in [5, 5.41) is 15.9. The highest BCUT2D eigenvalue weighted by Gasteiger charge is 2.20. The second-order valence-corrected chi connectivity index (χ2v) is 4.11. The number of aryl methyl sites for hydroxylation is 1. The zero-order chi connectivity index (χ0) is 14.0. The maximum absolute atomic E-state index is 11.6. The maximum Gasteiger partial charge on any atom is 0.360 e. The molecule has 0 bridgehead atoms. The molecule has 0 aliphatic heterocycles. The molecule has 8 heteroatoms. The van der Waals surface area contributed by atoms with Crippen LogP contribution in [0.15, 0.2) is 0 Å². The summed E-state index contributed by atoms with van der Waals surface area (Å²) in [6.07, 6.45) is 0.633. The highest BCUT2D eigenvalue weighted by atomic mass is 16.5. The van der Waals surface area contributed by atoms with E-state index in [0.29, 0.717) is 13.0 Å². The van der Waals surface area contributed by atoms with Gasteiger partial charge < -0.3 is 9.30 Å². The Balaban J connectivity index is 2.33. The van der Waals surface area contributed by atoms with E-state index in [1.165, 1.54) is 7.11 Å². The fraction of sp³-hybridized carbons (Fsp3) is 0.545. The molecule has 0 unspecified atom stereocenters. The molecule has 8 nitrogen and oxygen atoms in total. The van der Waals surface area contributed by atoms with Crippen LogP contribution in [-0.4, -0.2) is 42.8 Å². The van der Waals surface area contributed by atoms with Crippen molar-refractivity contribution in [3.05, 3.63) is 23.0 Å². The first-order valence-electron chi connectivity index (χ1n) is 5.94. The van der Waals surface area contributed by atoms with E-state index in [2.05, 4.69) is 25.2 Å². The first-order valence-corrected chi connectivity index (χ1v) is 5.94. The minimum Gasteiger partial charge on any atom is -0.464 e. The summed E-state index contributed by atoms with van der Waals surface area (Å²) in [6, 6.07) is 0. The SMILES string of the molecule is CCc1c(C(=O)OC)nnn1Cc1nnc(C)n1C. The fourth-order valence-corrected chi connectivity index (χ4v) is 1.79. The number of hydrogen-bond donors (Lipinski definition) is 0. The molecule has 2 aromatic rings. The Kier molecular flexibility index (Phi) is 3.59. The predicted octanol–water partition coefficient (Wildman–Crippen LogP) is 0.112. The van der Waals surface area contributed by atoms with Crippen molar-refractivity contribution in [2.24, 2.45) is 7.05 Å². The first-order chi connectivity index (χ1) is 9.08. The second kappa shape index (κ2) is 5.17. The van der Waals surface area contributed by atoms with Gasteiger partial charge in [0.1, 0.15) is 12.4 Å². The molecule has 0 radical (unpaired) electrons. The lowest BCUT2D eigenvalue weighted by Crippen LogP contribution is -2.12. The van der Waals surface area contributed by atoms with Gasteiger partial charge in [-0.15, -0.1) is 15.3 Å². The lowest BCUT2D eigenvalue weighted by molar-refractivity contribution is 0.0592. The van der Waals surface area contributed by atoms with Crippen molar-refractivity contribution in [1.82, 2.24) is 29.8 Å². The predicted molar refractivity (Wildman–Crippen MR) is 65.6 cm³/mol. The number of esters is 1. The Bertz CT molecular complexity index is 600. The van der Waals surface area contributed by atoms with Crippen LogP contribution in [0.5, 0.6) is 0 Å². The van der Waals surface area contributed by atoms with Crippen molar-refractivity contribution in [2.75, 3.05) is 7.11 Å². The van der Waals surface area contributed by atoms with Crippen LogP contribution in [0.3, 0.4) is 0 Å². The Morgan fingerprint density at radius 2 is 2.05 bits per heavy atom. The molecule has 0 spiro atoms. The van der Waals surface area contributed by atoms with E-state index in [0.717, 1.165) is 17.3 Å². The van der Waals surface area contributed by atoms with E-state index in [4.69, 9.17) is 0 Å². The molecule has 0 amide bonds. The summed E-state index contributed by atoms with van der Waals surface area (Å²) in [5.74, 6) is 1.10. The monoisotopic (exact) mass is 264 g/mol. The smallest absolute Gasteiger partial charge is 0.360 e. The van der Waals surface area contributed by atoms with Crippen LogP contribution in [0.4, 0.5) is 0 Å². The molecule has 2 heterocycles. The summed E-state index contributed by atoms with van der Waals surface area (Å²) in [6.45, 7) is 4.23. The van der Waals surface area contributed by atoms with Gasteiger partial charge in [0, 0.05) is 7.05 Å². The summed E-state index contributed by atoms with van der Waals surface area (Å²) in [4.78, 5) is 11.6. The molecule has 19 heavy (non-hydrogen) atoms. The Labute approximate surface area is 110 Å². The number of carbonyl (C=O) groups excluding carboxylic acids is 1. The number of methoxy groups -OCH3 is 1. The highest BCUT2D eigenvalue weighted by Crippen LogP contribution is 2.10. The van der Waals surface area contributed by atoms with Crippen LogP contribution in [0.2, 0.25) is 0 Å². The van der Waals surface area contributed by atoms with Crippen molar-refractivity contribution in [3.8, 4) is 0 Å². The standard InChI is InChI=1S/C11H16N6O2/c1-5-8-10(11(18)19-4)14-15-17(8)6-9-13-12-7(2)16(9)3/h5-6H2,1-4H3. The van der Waals surface area contributed by atoms with Gasteiger partial charge in [0.05, 0.1) is 12.8 Å². The molecule has 0 N–H and O–H groups in total. The molecule has 0 atom stereocenters. The maximum atomic E-state index is 11.6. The van der Waals surface area contributed by atoms with E-state index < -0.39 is 5.97 Å². The largest absolute Gasteiger partial charge is 0.464 e. The van der Waals surface area contributed by atoms with Gasteiger partial charge >= 0.3 is 5.97 Å². The molecule has 0 saturated carbocycles. The van der Waals surface area contributed by atoms with Crippen LogP contribution in [0, 0.1) is 6.92 Å². The average Bonchev–Trinajstić information content (AvgIpc) is 2.96. The van der Waals surface area contributed by atoms with Crippen LogP contribution in [-0.2, 0) is 24.8 Å². The van der Waals surface area contributed by atoms with E-state index >= 15 is 0 Å². The minimum atomic E-state index is -0.475. The quantitative estimate of drug-likeness (QED) is 0.728. The zero-order valence-corrected chi connectivity index (χ0v) is 11.4. The molecular formula is C11H16N6O2. The van der Waals surface area contributed by atoms with Crippen LogP contribution >= 0.6 is 0 Å². The van der Waals surface area contributed by atoms with Crippen molar-refractivity contribution < 1.29 is 9.53 Å². The Morgan fingerprint density at radius 1 is 1.32 bits per heavy atom. The third-order valence-corrected chi connectivity index (χ3v) is 3.03. The molecule has 0 aliphatic rings. The van der Waals surface area contributed by atoms with Gasteiger partial charge in [0.25, 0.3) is 0 Å². The van der Waals surface area contributed by atoms with Crippen LogP contribution in [0.25, 0.3) is 0 Å². The van der Waals surface area contributed by atoms with Crippen LogP contribution in [0.1, 0.15) is 34.8 Å². The third kappa shape index (κ3) is 2.33. The van der Waals surface area contributed by atoms with Gasteiger partial charge in [0.2, 0.25) is 0 Å². The van der Waals surface area contributed by atoms with Crippen molar-refractivity contribution in [3.63, 3.8) is 0 Å². The molecule has 2 rings (SSSR count). The Hall–Kier alpha value is -2.25. The van der Waals surface area contributed by atoms with Crippen molar-refractivity contribution in [1.29, 1.82) is 0 Å². The zero-order valence-electron chi connectivity index (χ0n) is 11.4. The molecule has 0 aliphatic carbocycles. The van der Waals surface area contributed by atoms with Gasteiger partial charge in [-0.3, -0.25) is 0 Å². The molecule has 102 valence electrons. The van der Waals surface area contributed by atoms with E-state index in [-0.39, 0.29) is 5.69 Å². The number of ether oxygens (including phenoxy) is 1. The molecule has 0 fully saturated rings. The lowest BCUT2D eigenvalue weighted by Gasteiger charge is -2.05. The molecule has 0 saturated heterocycles. The Morgan fingerprint density at radius 3 is 2.58 bits per heavy atom. The lowest BCUT2D eigenvalue weighted by atomic mass is 10.2. The van der Waals surface area contributed by atoms with Gasteiger partial charge in [-0.2, -0.15) is 0 Å². The van der Waals surface area contributed by atoms with Crippen molar-refractivity contribution in [2.45, 2.75) is 26.8 Å². The number of nitrogens with zero attached hydrogens (tertiary/aromatic N) is 6. The minimum absolute atomic E-state index is 0.254. The normalized spacial score (nSPS) is 10.7. The second-order valence-electron chi connectivity index (χ2n) is 4.11. The molecule has 0 aromatic carbocycles. The van der Waals surface area contributed by atoms with Gasteiger partial charge in [-0.1, -0.05) is 12.1 Å². The number of hydrogen-bond acceptors (Lipinski definition) is 6. The summed E-state index contributed by atoms with van der Waals surface area (Å²) >= 11 is 0. The van der Waals surface area contributed by atoms with E-state index in [9.17, 15) is 4.79 Å². The number of aromatic nitrogens is 6. The van der Waals surface area contributed by atoms with Gasteiger partial charge in [-0.25, -0.2) is 9.48 Å². The van der Waals surface area contributed by atoms with Gasteiger partial charge in [0.15, 0.2) is 11.5 Å². The van der Waals surface area contributed by atoms with Crippen molar-refractivity contribution >= 4 is 5.97 Å². The first kappa shape index (κ1) is 13.2. The summed E-state index contributed by atoms with van der Waals surface area (Å²) < 4.78 is 8.20. The van der Waals surface area contributed by atoms with E-state index in [1.807, 2.05) is 25.5 Å². The summed E-state index contributed by atoms with van der Waals surface area (Å²) in [5.41, 5.74) is 0.983. The highest BCUT2D eigenvalue weighted by molar-refractivity contribution is 5.88. The number of carbonyl (C=O) groups is 1. The van der Waals surface area contributed by atoms with Crippen LogP contribution < -0.4 is 0 Å². The van der Waals surface area contributed by atoms with Gasteiger partial charge in [-0.05, 0) is 13.3 Å². The summed E-state index contributed by atoms with van der Waals surface area (Å²) in [7, 11) is 3.21. The number of rotatable bonds is 4. The third-order valence-electron chi connectivity index (χ3n) is 3.03. The molecule has 2 aromatic heterocycles. The average molecular weight is 264 g/mol. The topological polar surface area (TPSA) is 87.7 Å². The molecular weight excluding hydrogens is 248 g/mol. The fourth-order valence-electron chi connectivity index (χ4n) is 1.79.